The number of hydrogen-bond acceptors (Lipinski definition) is 5. The van der Waals surface area contributed by atoms with Crippen LogP contribution in [0.4, 0.5) is 5.69 Å². The molecule has 0 saturated carbocycles. The molecule has 2 aliphatic heterocycles. The lowest BCUT2D eigenvalue weighted by atomic mass is 9.98. The Kier molecular flexibility index (Phi) is 10.1. The second kappa shape index (κ2) is 13.9. The number of carbonyl (C=O) groups is 2. The summed E-state index contributed by atoms with van der Waals surface area (Å²) < 4.78 is 5.40. The molecule has 2 aliphatic rings. The van der Waals surface area contributed by atoms with E-state index in [2.05, 4.69) is 29.2 Å². The summed E-state index contributed by atoms with van der Waals surface area (Å²) in [4.78, 5) is 34.6. The van der Waals surface area contributed by atoms with Crippen LogP contribution in [0.2, 0.25) is 10.0 Å². The Bertz CT molecular complexity index is 1390. The van der Waals surface area contributed by atoms with Gasteiger partial charge in [0.15, 0.2) is 0 Å². The second-order valence-corrected chi connectivity index (χ2v) is 11.9. The zero-order chi connectivity index (χ0) is 29.6. The van der Waals surface area contributed by atoms with E-state index in [0.29, 0.717) is 41.9 Å². The molecule has 2 amide bonds. The number of likely N-dealkylation sites (N-methyl/N-ethyl adjacent to an activating group) is 2. The average molecular weight is 610 g/mol. The molecule has 2 fully saturated rings. The number of nitrogens with zero attached hydrogens (tertiary/aromatic N) is 4. The molecular weight excluding hydrogens is 571 g/mol. The summed E-state index contributed by atoms with van der Waals surface area (Å²) in [5.74, 6) is 0.0552. The van der Waals surface area contributed by atoms with Gasteiger partial charge in [0.1, 0.15) is 0 Å². The number of carbonyl (C=O) groups excluding carboxylic acids is 2. The Hall–Kier alpha value is -3.10. The molecule has 5 rings (SSSR count). The van der Waals surface area contributed by atoms with Crippen LogP contribution < -0.4 is 4.90 Å². The number of rotatable bonds is 9. The van der Waals surface area contributed by atoms with E-state index in [1.54, 1.807) is 12.1 Å². The fourth-order valence-electron chi connectivity index (χ4n) is 5.64. The van der Waals surface area contributed by atoms with Crippen LogP contribution in [0.3, 0.4) is 0 Å². The molecule has 3 aromatic carbocycles. The fourth-order valence-corrected chi connectivity index (χ4v) is 5.93. The van der Waals surface area contributed by atoms with Gasteiger partial charge in [-0.1, -0.05) is 59.6 Å². The predicted molar refractivity (Wildman–Crippen MR) is 170 cm³/mol. The maximum atomic E-state index is 13.6. The monoisotopic (exact) mass is 608 g/mol. The quantitative estimate of drug-likeness (QED) is 0.304. The molecule has 42 heavy (non-hydrogen) atoms. The highest BCUT2D eigenvalue weighted by atomic mass is 35.5. The molecule has 1 atom stereocenters. The molecule has 2 heterocycles. The van der Waals surface area contributed by atoms with Crippen LogP contribution in [-0.2, 0) is 9.53 Å². The van der Waals surface area contributed by atoms with Gasteiger partial charge in [0.2, 0.25) is 5.91 Å². The fraction of sp³-hybridized carbons (Fsp3) is 0.394. The van der Waals surface area contributed by atoms with Crippen LogP contribution in [0.15, 0.2) is 66.7 Å². The van der Waals surface area contributed by atoms with E-state index < -0.39 is 0 Å². The topological polar surface area (TPSA) is 56.3 Å². The van der Waals surface area contributed by atoms with Crippen LogP contribution in [0.5, 0.6) is 0 Å². The lowest BCUT2D eigenvalue weighted by molar-refractivity contribution is -0.131. The molecule has 7 nitrogen and oxygen atoms in total. The Morgan fingerprint density at radius 3 is 2.26 bits per heavy atom. The zero-order valence-corrected chi connectivity index (χ0v) is 25.8. The second-order valence-electron chi connectivity index (χ2n) is 11.1. The van der Waals surface area contributed by atoms with Gasteiger partial charge >= 0.3 is 0 Å². The van der Waals surface area contributed by atoms with Crippen molar-refractivity contribution in [2.24, 2.45) is 0 Å². The van der Waals surface area contributed by atoms with Crippen molar-refractivity contribution in [3.8, 4) is 11.1 Å². The maximum Gasteiger partial charge on any atom is 0.254 e. The molecular formula is C33H38Cl2N4O3. The molecule has 0 N–H and O–H groups in total. The smallest absolute Gasteiger partial charge is 0.254 e. The number of morpholine rings is 1. The van der Waals surface area contributed by atoms with Crippen molar-refractivity contribution in [1.82, 2.24) is 14.7 Å². The lowest BCUT2D eigenvalue weighted by Crippen LogP contribution is -2.42. The van der Waals surface area contributed by atoms with E-state index >= 15 is 0 Å². The van der Waals surface area contributed by atoms with Gasteiger partial charge in [0.25, 0.3) is 5.91 Å². The largest absolute Gasteiger partial charge is 0.378 e. The lowest BCUT2D eigenvalue weighted by Gasteiger charge is -2.33. The van der Waals surface area contributed by atoms with Crippen LogP contribution in [0.25, 0.3) is 11.1 Å². The van der Waals surface area contributed by atoms with Crippen molar-refractivity contribution in [2.75, 3.05) is 71.5 Å². The molecule has 0 aromatic heterocycles. The van der Waals surface area contributed by atoms with E-state index in [9.17, 15) is 9.59 Å². The maximum absolute atomic E-state index is 13.6. The summed E-state index contributed by atoms with van der Waals surface area (Å²) in [5, 5.41) is 0.951. The van der Waals surface area contributed by atoms with E-state index in [1.807, 2.05) is 59.1 Å². The minimum atomic E-state index is -0.0962. The van der Waals surface area contributed by atoms with E-state index in [1.165, 1.54) is 12.8 Å². The number of halogens is 2. The zero-order valence-electron chi connectivity index (χ0n) is 24.3. The minimum absolute atomic E-state index is 0.0196. The van der Waals surface area contributed by atoms with Gasteiger partial charge in [-0.15, -0.1) is 0 Å². The molecule has 9 heteroatoms. The number of benzene rings is 3. The molecule has 0 bridgehead atoms. The van der Waals surface area contributed by atoms with Gasteiger partial charge in [-0.3, -0.25) is 9.59 Å². The molecule has 222 valence electrons. The number of likely N-dealkylation sites (tertiary alicyclic amines) is 1. The molecule has 2 saturated heterocycles. The SMILES string of the molecule is CN(CC(=O)N(C)C(CN1CCCC1)c1ccc(-c2cccc(C(=O)N3CCOCC3)c2)cc1)c1ccc(Cl)c(Cl)c1. The van der Waals surface area contributed by atoms with Gasteiger partial charge < -0.3 is 24.3 Å². The molecule has 1 unspecified atom stereocenters. The molecule has 0 aliphatic carbocycles. The van der Waals surface area contributed by atoms with Crippen molar-refractivity contribution >= 4 is 40.7 Å². The summed E-state index contributed by atoms with van der Waals surface area (Å²) in [6.07, 6.45) is 2.37. The number of ether oxygens (including phenoxy) is 1. The molecule has 0 spiro atoms. The summed E-state index contributed by atoms with van der Waals surface area (Å²) in [7, 11) is 3.77. The summed E-state index contributed by atoms with van der Waals surface area (Å²) >= 11 is 12.3. The first-order chi connectivity index (χ1) is 20.3. The van der Waals surface area contributed by atoms with Crippen LogP contribution in [0, 0.1) is 0 Å². The Morgan fingerprint density at radius 1 is 0.857 bits per heavy atom. The van der Waals surface area contributed by atoms with Gasteiger partial charge in [0, 0.05) is 45.0 Å². The average Bonchev–Trinajstić information content (AvgIpc) is 3.54. The summed E-state index contributed by atoms with van der Waals surface area (Å²) in [5.41, 5.74) is 4.62. The van der Waals surface area contributed by atoms with Crippen LogP contribution in [-0.4, -0.2) is 93.1 Å². The third-order valence-corrected chi connectivity index (χ3v) is 8.98. The minimum Gasteiger partial charge on any atom is -0.378 e. The first kappa shape index (κ1) is 30.4. The third kappa shape index (κ3) is 7.27. The van der Waals surface area contributed by atoms with Crippen molar-refractivity contribution in [1.29, 1.82) is 0 Å². The summed E-state index contributed by atoms with van der Waals surface area (Å²) in [6.45, 7) is 5.47. The Balaban J connectivity index is 1.32. The van der Waals surface area contributed by atoms with Crippen molar-refractivity contribution in [2.45, 2.75) is 18.9 Å². The van der Waals surface area contributed by atoms with Crippen molar-refractivity contribution < 1.29 is 14.3 Å². The first-order valence-electron chi connectivity index (χ1n) is 14.5. The standard InChI is InChI=1S/C33H38Cl2N4O3/c1-36(28-12-13-29(34)30(35)21-28)23-32(40)37(2)31(22-38-14-3-4-15-38)25-10-8-24(9-11-25)26-6-5-7-27(20-26)33(41)39-16-18-42-19-17-39/h5-13,20-21,31H,3-4,14-19,22-23H2,1-2H3. The van der Waals surface area contributed by atoms with E-state index in [-0.39, 0.29) is 24.4 Å². The van der Waals surface area contributed by atoms with E-state index in [4.69, 9.17) is 27.9 Å². The highest BCUT2D eigenvalue weighted by Gasteiger charge is 2.27. The number of hydrogen-bond donors (Lipinski definition) is 0. The first-order valence-corrected chi connectivity index (χ1v) is 15.3. The van der Waals surface area contributed by atoms with Crippen molar-refractivity contribution in [3.05, 3.63) is 87.9 Å². The summed E-state index contributed by atoms with van der Waals surface area (Å²) in [6, 6.07) is 21.5. The van der Waals surface area contributed by atoms with Gasteiger partial charge in [-0.25, -0.2) is 0 Å². The van der Waals surface area contributed by atoms with Crippen molar-refractivity contribution in [3.63, 3.8) is 0 Å². The van der Waals surface area contributed by atoms with Gasteiger partial charge in [-0.2, -0.15) is 0 Å². The van der Waals surface area contributed by atoms with Gasteiger partial charge in [0.05, 0.1) is 35.8 Å². The van der Waals surface area contributed by atoms with Crippen LogP contribution >= 0.6 is 23.2 Å². The highest BCUT2D eigenvalue weighted by molar-refractivity contribution is 6.42. The molecule has 3 aromatic rings. The van der Waals surface area contributed by atoms with Crippen LogP contribution in [0.1, 0.15) is 34.8 Å². The Labute approximate surface area is 258 Å². The number of amides is 2. The third-order valence-electron chi connectivity index (χ3n) is 8.24. The highest BCUT2D eigenvalue weighted by Crippen LogP contribution is 2.29. The molecule has 0 radical (unpaired) electrons. The van der Waals surface area contributed by atoms with E-state index in [0.717, 1.165) is 42.0 Å². The predicted octanol–water partition coefficient (Wildman–Crippen LogP) is 5.86. The normalized spacial score (nSPS) is 16.3. The van der Waals surface area contributed by atoms with Gasteiger partial charge in [-0.05, 0) is 73.0 Å². The number of anilines is 1. The Morgan fingerprint density at radius 2 is 1.57 bits per heavy atom.